The average Bonchev–Trinajstić information content (AvgIpc) is 2.46. The van der Waals surface area contributed by atoms with Gasteiger partial charge in [0.15, 0.2) is 0 Å². The number of hydrogen-bond donors (Lipinski definition) is 1. The molecule has 1 N–H and O–H groups in total. The third-order valence-corrected chi connectivity index (χ3v) is 3.07. The van der Waals surface area contributed by atoms with Gasteiger partial charge in [-0.25, -0.2) is 4.79 Å². The molecule has 104 valence electrons. The standard InChI is InChI=1S/C17H18O3/c1-13(2)20-17(16(18)19,14-9-5-3-6-10-14)15-11-7-4-8-12-15/h3-13H,1-2H3,(H,18,19). The quantitative estimate of drug-likeness (QED) is 0.905. The van der Waals surface area contributed by atoms with Crippen LogP contribution in [0, 0.1) is 0 Å². The highest BCUT2D eigenvalue weighted by molar-refractivity contribution is 5.84. The summed E-state index contributed by atoms with van der Waals surface area (Å²) >= 11 is 0. The fourth-order valence-corrected chi connectivity index (χ4v) is 2.30. The number of benzene rings is 2. The fraction of sp³-hybridized carbons (Fsp3) is 0.235. The maximum atomic E-state index is 12.0. The number of carbonyl (C=O) groups is 1. The molecule has 20 heavy (non-hydrogen) atoms. The van der Waals surface area contributed by atoms with Crippen molar-refractivity contribution in [2.45, 2.75) is 25.6 Å². The molecule has 0 heterocycles. The molecular weight excluding hydrogens is 252 g/mol. The zero-order chi connectivity index (χ0) is 14.6. The van der Waals surface area contributed by atoms with E-state index in [0.717, 1.165) is 0 Å². The van der Waals surface area contributed by atoms with Gasteiger partial charge in [-0.2, -0.15) is 0 Å². The van der Waals surface area contributed by atoms with Crippen molar-refractivity contribution in [3.05, 3.63) is 71.8 Å². The van der Waals surface area contributed by atoms with Crippen LogP contribution >= 0.6 is 0 Å². The van der Waals surface area contributed by atoms with Crippen molar-refractivity contribution in [3.63, 3.8) is 0 Å². The second-order valence-electron chi connectivity index (χ2n) is 4.88. The first-order valence-electron chi connectivity index (χ1n) is 6.59. The van der Waals surface area contributed by atoms with Crippen LogP contribution in [0.4, 0.5) is 0 Å². The van der Waals surface area contributed by atoms with Crippen molar-refractivity contribution >= 4 is 5.97 Å². The van der Waals surface area contributed by atoms with Gasteiger partial charge in [0.05, 0.1) is 6.10 Å². The van der Waals surface area contributed by atoms with E-state index in [-0.39, 0.29) is 6.10 Å². The SMILES string of the molecule is CC(C)OC(C(=O)O)(c1ccccc1)c1ccccc1. The van der Waals surface area contributed by atoms with Crippen molar-refractivity contribution < 1.29 is 14.6 Å². The van der Waals surface area contributed by atoms with E-state index in [9.17, 15) is 9.90 Å². The van der Waals surface area contributed by atoms with Crippen LogP contribution in [0.1, 0.15) is 25.0 Å². The molecule has 0 spiro atoms. The second-order valence-corrected chi connectivity index (χ2v) is 4.88. The maximum absolute atomic E-state index is 12.0. The van der Waals surface area contributed by atoms with Crippen LogP contribution in [-0.4, -0.2) is 17.2 Å². The summed E-state index contributed by atoms with van der Waals surface area (Å²) in [5.41, 5.74) is -0.240. The lowest BCUT2D eigenvalue weighted by Crippen LogP contribution is -2.41. The predicted octanol–water partition coefficient (Wildman–Crippen LogP) is 3.44. The Kier molecular flexibility index (Phi) is 4.20. The molecular formula is C17H18O3. The van der Waals surface area contributed by atoms with E-state index in [4.69, 9.17) is 4.74 Å². The molecule has 2 rings (SSSR count). The molecule has 0 saturated heterocycles. The lowest BCUT2D eigenvalue weighted by Gasteiger charge is -2.32. The highest BCUT2D eigenvalue weighted by Gasteiger charge is 2.44. The van der Waals surface area contributed by atoms with Gasteiger partial charge in [0.1, 0.15) is 0 Å². The Balaban J connectivity index is 2.66. The summed E-state index contributed by atoms with van der Waals surface area (Å²) in [5, 5.41) is 9.85. The Morgan fingerprint density at radius 2 is 1.35 bits per heavy atom. The van der Waals surface area contributed by atoms with Gasteiger partial charge in [-0.1, -0.05) is 60.7 Å². The summed E-state index contributed by atoms with van der Waals surface area (Å²) in [4.78, 5) is 12.0. The lowest BCUT2D eigenvalue weighted by molar-refractivity contribution is -0.166. The number of carboxylic acid groups (broad SMARTS) is 1. The summed E-state index contributed by atoms with van der Waals surface area (Å²) < 4.78 is 5.87. The Morgan fingerprint density at radius 3 is 1.65 bits per heavy atom. The monoisotopic (exact) mass is 270 g/mol. The number of aliphatic carboxylic acids is 1. The smallest absolute Gasteiger partial charge is 0.345 e. The minimum atomic E-state index is -1.48. The van der Waals surface area contributed by atoms with Gasteiger partial charge in [-0.05, 0) is 25.0 Å². The van der Waals surface area contributed by atoms with Crippen molar-refractivity contribution in [2.75, 3.05) is 0 Å². The van der Waals surface area contributed by atoms with Crippen molar-refractivity contribution in [2.24, 2.45) is 0 Å². The molecule has 3 nitrogen and oxygen atoms in total. The van der Waals surface area contributed by atoms with Gasteiger partial charge in [-0.3, -0.25) is 0 Å². The van der Waals surface area contributed by atoms with E-state index in [0.29, 0.717) is 11.1 Å². The van der Waals surface area contributed by atoms with E-state index in [2.05, 4.69) is 0 Å². The van der Waals surface area contributed by atoms with Gasteiger partial charge < -0.3 is 9.84 Å². The van der Waals surface area contributed by atoms with Crippen molar-refractivity contribution in [1.29, 1.82) is 0 Å². The number of rotatable bonds is 5. The molecule has 0 amide bonds. The Bertz CT molecular complexity index is 522. The zero-order valence-electron chi connectivity index (χ0n) is 11.6. The molecule has 0 saturated carbocycles. The van der Waals surface area contributed by atoms with E-state index >= 15 is 0 Å². The Hall–Kier alpha value is -2.13. The zero-order valence-corrected chi connectivity index (χ0v) is 11.6. The number of ether oxygens (including phenoxy) is 1. The van der Waals surface area contributed by atoms with Crippen LogP contribution in [-0.2, 0) is 15.1 Å². The highest BCUT2D eigenvalue weighted by Crippen LogP contribution is 2.35. The summed E-state index contributed by atoms with van der Waals surface area (Å²) in [6.45, 7) is 3.67. The van der Waals surface area contributed by atoms with Crippen molar-refractivity contribution in [1.82, 2.24) is 0 Å². The summed E-state index contributed by atoms with van der Waals surface area (Å²) in [5.74, 6) is -1.01. The predicted molar refractivity (Wildman–Crippen MR) is 77.5 cm³/mol. The minimum absolute atomic E-state index is 0.216. The first kappa shape index (κ1) is 14.3. The van der Waals surface area contributed by atoms with Crippen LogP contribution in [0.2, 0.25) is 0 Å². The van der Waals surface area contributed by atoms with Gasteiger partial charge in [0.25, 0.3) is 0 Å². The van der Waals surface area contributed by atoms with E-state index in [1.54, 1.807) is 24.3 Å². The van der Waals surface area contributed by atoms with Crippen LogP contribution in [0.5, 0.6) is 0 Å². The molecule has 0 atom stereocenters. The number of carboxylic acids is 1. The molecule has 0 fully saturated rings. The summed E-state index contributed by atoms with van der Waals surface area (Å²) in [6, 6.07) is 18.1. The van der Waals surface area contributed by atoms with Crippen molar-refractivity contribution in [3.8, 4) is 0 Å². The van der Waals surface area contributed by atoms with Crippen LogP contribution in [0.3, 0.4) is 0 Å². The van der Waals surface area contributed by atoms with E-state index in [1.165, 1.54) is 0 Å². The minimum Gasteiger partial charge on any atom is -0.479 e. The highest BCUT2D eigenvalue weighted by atomic mass is 16.5. The van der Waals surface area contributed by atoms with Crippen LogP contribution < -0.4 is 0 Å². The summed E-state index contributed by atoms with van der Waals surface area (Å²) in [7, 11) is 0. The van der Waals surface area contributed by atoms with Gasteiger partial charge in [-0.15, -0.1) is 0 Å². The normalized spacial score (nSPS) is 11.6. The Morgan fingerprint density at radius 1 is 0.950 bits per heavy atom. The largest absolute Gasteiger partial charge is 0.479 e. The molecule has 2 aromatic carbocycles. The first-order chi connectivity index (χ1) is 9.57. The summed E-state index contributed by atoms with van der Waals surface area (Å²) in [6.07, 6.45) is -0.216. The molecule has 2 aromatic rings. The second kappa shape index (κ2) is 5.88. The third-order valence-electron chi connectivity index (χ3n) is 3.07. The molecule has 3 heteroatoms. The third kappa shape index (κ3) is 2.58. The molecule has 0 radical (unpaired) electrons. The van der Waals surface area contributed by atoms with Crippen LogP contribution in [0.25, 0.3) is 0 Å². The molecule has 0 aliphatic rings. The topological polar surface area (TPSA) is 46.5 Å². The number of hydrogen-bond acceptors (Lipinski definition) is 2. The van der Waals surface area contributed by atoms with E-state index < -0.39 is 11.6 Å². The maximum Gasteiger partial charge on any atom is 0.345 e. The lowest BCUT2D eigenvalue weighted by atomic mass is 9.86. The van der Waals surface area contributed by atoms with Gasteiger partial charge >= 0.3 is 5.97 Å². The first-order valence-corrected chi connectivity index (χ1v) is 6.59. The molecule has 0 aromatic heterocycles. The van der Waals surface area contributed by atoms with Gasteiger partial charge in [0, 0.05) is 0 Å². The fourth-order valence-electron chi connectivity index (χ4n) is 2.30. The average molecular weight is 270 g/mol. The molecule has 0 aliphatic carbocycles. The molecule has 0 aliphatic heterocycles. The van der Waals surface area contributed by atoms with Crippen LogP contribution in [0.15, 0.2) is 60.7 Å². The van der Waals surface area contributed by atoms with Gasteiger partial charge in [0.2, 0.25) is 5.60 Å². The molecule has 0 unspecified atom stereocenters. The van der Waals surface area contributed by atoms with E-state index in [1.807, 2.05) is 50.2 Å². The molecule has 0 bridgehead atoms. The Labute approximate surface area is 118 Å².